The molecule has 0 saturated carbocycles. The monoisotopic (exact) mass is 199 g/mol. The maximum Gasteiger partial charge on any atom is 0.240 e. The summed E-state index contributed by atoms with van der Waals surface area (Å²) in [6.07, 6.45) is 0. The quantitative estimate of drug-likeness (QED) is 0.666. The Hall–Kier alpha value is -0.610. The Kier molecular flexibility index (Phi) is 3.89. The number of carbonyl (C=O) groups is 1. The van der Waals surface area contributed by atoms with Crippen LogP contribution in [0.1, 0.15) is 13.8 Å². The Morgan fingerprint density at radius 3 is 2.64 bits per heavy atom. The molecule has 1 atom stereocenters. The number of hydrogen-bond donors (Lipinski definition) is 1. The molecule has 0 bridgehead atoms. The van der Waals surface area contributed by atoms with Gasteiger partial charge < -0.3 is 10.2 Å². The Morgan fingerprint density at radius 1 is 1.50 bits per heavy atom. The van der Waals surface area contributed by atoms with Crippen LogP contribution in [-0.2, 0) is 4.79 Å². The molecule has 0 aromatic rings. The van der Waals surface area contributed by atoms with Gasteiger partial charge in [0.25, 0.3) is 0 Å². The van der Waals surface area contributed by atoms with E-state index in [0.29, 0.717) is 6.04 Å². The number of amides is 1. The van der Waals surface area contributed by atoms with E-state index in [2.05, 4.69) is 24.1 Å². The number of rotatable bonds is 2. The number of nitrogens with one attached hydrogen (secondary N) is 1. The molecule has 0 aromatic heterocycles. The highest BCUT2D eigenvalue weighted by molar-refractivity contribution is 5.81. The summed E-state index contributed by atoms with van der Waals surface area (Å²) < 4.78 is 0. The number of nitrogens with zero attached hydrogens (tertiary/aromatic N) is 2. The van der Waals surface area contributed by atoms with Crippen molar-refractivity contribution in [3.8, 4) is 0 Å². The molecule has 0 spiro atoms. The lowest BCUT2D eigenvalue weighted by Gasteiger charge is -2.38. The zero-order chi connectivity index (χ0) is 10.7. The van der Waals surface area contributed by atoms with Gasteiger partial charge in [-0.25, -0.2) is 0 Å². The summed E-state index contributed by atoms with van der Waals surface area (Å²) in [5.74, 6) is 0.200. The molecule has 1 amide bonds. The summed E-state index contributed by atoms with van der Waals surface area (Å²) in [4.78, 5) is 15.8. The largest absolute Gasteiger partial charge is 0.347 e. The highest BCUT2D eigenvalue weighted by Crippen LogP contribution is 2.09. The molecule has 4 nitrogen and oxygen atoms in total. The Morgan fingerprint density at radius 2 is 2.14 bits per heavy atom. The molecule has 1 saturated heterocycles. The van der Waals surface area contributed by atoms with Gasteiger partial charge in [0.15, 0.2) is 0 Å². The van der Waals surface area contributed by atoms with E-state index in [-0.39, 0.29) is 11.9 Å². The van der Waals surface area contributed by atoms with Gasteiger partial charge >= 0.3 is 0 Å². The lowest BCUT2D eigenvalue weighted by molar-refractivity contribution is -0.135. The predicted octanol–water partition coefficient (Wildman–Crippen LogP) is -0.243. The lowest BCUT2D eigenvalue weighted by atomic mass is 10.1. The predicted molar refractivity (Wildman–Crippen MR) is 57.2 cm³/mol. The van der Waals surface area contributed by atoms with Gasteiger partial charge in [0.1, 0.15) is 6.04 Å². The second-order valence-electron chi connectivity index (χ2n) is 4.28. The number of likely N-dealkylation sites (N-methyl/N-ethyl adjacent to an activating group) is 1. The van der Waals surface area contributed by atoms with Gasteiger partial charge in [-0.3, -0.25) is 9.69 Å². The minimum atomic E-state index is 0.0127. The van der Waals surface area contributed by atoms with Crippen LogP contribution in [0.25, 0.3) is 0 Å². The van der Waals surface area contributed by atoms with Crippen LogP contribution < -0.4 is 5.32 Å². The van der Waals surface area contributed by atoms with Crippen LogP contribution in [0.2, 0.25) is 0 Å². The minimum absolute atomic E-state index is 0.0127. The SMILES string of the molecule is CC(C)N1CCNCC1C(=O)N(C)C. The normalized spacial score (nSPS) is 23.9. The molecule has 1 aliphatic heterocycles. The molecular weight excluding hydrogens is 178 g/mol. The van der Waals surface area contributed by atoms with Crippen LogP contribution in [0.4, 0.5) is 0 Å². The van der Waals surface area contributed by atoms with Gasteiger partial charge in [0.2, 0.25) is 5.91 Å². The third kappa shape index (κ3) is 2.45. The van der Waals surface area contributed by atoms with Crippen LogP contribution in [0.15, 0.2) is 0 Å². The summed E-state index contributed by atoms with van der Waals surface area (Å²) in [6.45, 7) is 7.00. The lowest BCUT2D eigenvalue weighted by Crippen LogP contribution is -2.59. The van der Waals surface area contributed by atoms with Crippen molar-refractivity contribution in [3.63, 3.8) is 0 Å². The van der Waals surface area contributed by atoms with E-state index in [0.717, 1.165) is 19.6 Å². The molecule has 4 heteroatoms. The minimum Gasteiger partial charge on any atom is -0.347 e. The van der Waals surface area contributed by atoms with E-state index < -0.39 is 0 Å². The van der Waals surface area contributed by atoms with E-state index >= 15 is 0 Å². The van der Waals surface area contributed by atoms with Gasteiger partial charge in [-0.1, -0.05) is 0 Å². The van der Waals surface area contributed by atoms with Gasteiger partial charge in [-0.15, -0.1) is 0 Å². The Balaban J connectivity index is 2.67. The van der Waals surface area contributed by atoms with E-state index in [1.165, 1.54) is 0 Å². The molecule has 1 N–H and O–H groups in total. The van der Waals surface area contributed by atoms with Crippen molar-refractivity contribution < 1.29 is 4.79 Å². The average Bonchev–Trinajstić information content (AvgIpc) is 2.16. The van der Waals surface area contributed by atoms with Crippen LogP contribution >= 0.6 is 0 Å². The summed E-state index contributed by atoms with van der Waals surface area (Å²) in [5, 5.41) is 3.27. The molecule has 1 rings (SSSR count). The number of piperazine rings is 1. The van der Waals surface area contributed by atoms with E-state index in [4.69, 9.17) is 0 Å². The first-order chi connectivity index (χ1) is 6.54. The van der Waals surface area contributed by atoms with Gasteiger partial charge in [-0.2, -0.15) is 0 Å². The van der Waals surface area contributed by atoms with Crippen LogP contribution in [0.5, 0.6) is 0 Å². The van der Waals surface area contributed by atoms with Crippen LogP contribution in [-0.4, -0.2) is 61.5 Å². The van der Waals surface area contributed by atoms with Crippen molar-refractivity contribution in [3.05, 3.63) is 0 Å². The first kappa shape index (κ1) is 11.5. The first-order valence-corrected chi connectivity index (χ1v) is 5.21. The van der Waals surface area contributed by atoms with E-state index in [1.54, 1.807) is 4.90 Å². The van der Waals surface area contributed by atoms with E-state index in [1.807, 2.05) is 14.1 Å². The van der Waals surface area contributed by atoms with E-state index in [9.17, 15) is 4.79 Å². The molecule has 0 aliphatic carbocycles. The standard InChI is InChI=1S/C10H21N3O/c1-8(2)13-6-5-11-7-9(13)10(14)12(3)4/h8-9,11H,5-7H2,1-4H3. The van der Waals surface area contributed by atoms with Crippen molar-refractivity contribution in [1.29, 1.82) is 0 Å². The fourth-order valence-electron chi connectivity index (χ4n) is 1.87. The van der Waals surface area contributed by atoms with Crippen molar-refractivity contribution in [2.24, 2.45) is 0 Å². The molecular formula is C10H21N3O. The molecule has 0 radical (unpaired) electrons. The van der Waals surface area contributed by atoms with Crippen molar-refractivity contribution in [2.45, 2.75) is 25.9 Å². The molecule has 1 heterocycles. The topological polar surface area (TPSA) is 35.6 Å². The molecule has 1 fully saturated rings. The Labute approximate surface area is 86.2 Å². The summed E-state index contributed by atoms with van der Waals surface area (Å²) >= 11 is 0. The van der Waals surface area contributed by atoms with Gasteiger partial charge in [0, 0.05) is 39.8 Å². The highest BCUT2D eigenvalue weighted by Gasteiger charge is 2.30. The smallest absolute Gasteiger partial charge is 0.240 e. The third-order valence-electron chi connectivity index (χ3n) is 2.67. The summed E-state index contributed by atoms with van der Waals surface area (Å²) in [5.41, 5.74) is 0. The van der Waals surface area contributed by atoms with Gasteiger partial charge in [0.05, 0.1) is 0 Å². The number of hydrogen-bond acceptors (Lipinski definition) is 3. The highest BCUT2D eigenvalue weighted by atomic mass is 16.2. The maximum atomic E-state index is 11.9. The molecule has 14 heavy (non-hydrogen) atoms. The molecule has 1 unspecified atom stereocenters. The third-order valence-corrected chi connectivity index (χ3v) is 2.67. The molecule has 1 aliphatic rings. The van der Waals surface area contributed by atoms with Crippen LogP contribution in [0.3, 0.4) is 0 Å². The molecule has 82 valence electrons. The first-order valence-electron chi connectivity index (χ1n) is 5.21. The zero-order valence-corrected chi connectivity index (χ0v) is 9.58. The van der Waals surface area contributed by atoms with Gasteiger partial charge in [-0.05, 0) is 13.8 Å². The average molecular weight is 199 g/mol. The fourth-order valence-corrected chi connectivity index (χ4v) is 1.87. The summed E-state index contributed by atoms with van der Waals surface area (Å²) in [7, 11) is 3.63. The Bertz CT molecular complexity index is 204. The van der Waals surface area contributed by atoms with Crippen LogP contribution in [0, 0.1) is 0 Å². The second-order valence-corrected chi connectivity index (χ2v) is 4.28. The maximum absolute atomic E-state index is 11.9. The van der Waals surface area contributed by atoms with Crippen molar-refractivity contribution in [1.82, 2.24) is 15.1 Å². The van der Waals surface area contributed by atoms with Crippen molar-refractivity contribution >= 4 is 5.91 Å². The summed E-state index contributed by atoms with van der Waals surface area (Å²) in [6, 6.07) is 0.449. The zero-order valence-electron chi connectivity index (χ0n) is 9.58. The molecule has 0 aromatic carbocycles. The fraction of sp³-hybridized carbons (Fsp3) is 0.900. The van der Waals surface area contributed by atoms with Crippen molar-refractivity contribution in [2.75, 3.05) is 33.7 Å². The second kappa shape index (κ2) is 4.75. The number of carbonyl (C=O) groups excluding carboxylic acids is 1.